The predicted octanol–water partition coefficient (Wildman–Crippen LogP) is 4.25. The Hall–Kier alpha value is -2.10. The van der Waals surface area contributed by atoms with Crippen LogP contribution in [0, 0.1) is 6.92 Å². The first-order valence-electron chi connectivity index (χ1n) is 9.22. The van der Waals surface area contributed by atoms with Crippen molar-refractivity contribution in [3.8, 4) is 0 Å². The molecule has 3 rings (SSSR count). The number of nitrogens with zero attached hydrogens (tertiary/aromatic N) is 1. The van der Waals surface area contributed by atoms with E-state index in [1.54, 1.807) is 0 Å². The maximum atomic E-state index is 8.84. The van der Waals surface area contributed by atoms with Gasteiger partial charge in [-0.25, -0.2) is 0 Å². The fourth-order valence-corrected chi connectivity index (χ4v) is 3.36. The highest BCUT2D eigenvalue weighted by Gasteiger charge is 2.08. The number of benzene rings is 2. The molecular weight excluding hydrogens is 308 g/mol. The second kappa shape index (κ2) is 8.84. The van der Waals surface area contributed by atoms with Gasteiger partial charge in [0.25, 0.3) is 0 Å². The Labute approximate surface area is 150 Å². The summed E-state index contributed by atoms with van der Waals surface area (Å²) in [5.74, 6) is 0. The highest BCUT2D eigenvalue weighted by atomic mass is 16.2. The second-order valence-electron chi connectivity index (χ2n) is 6.75. The fraction of sp³-hybridized carbons (Fsp3) is 0.364. The van der Waals surface area contributed by atoms with Crippen molar-refractivity contribution >= 4 is 10.9 Å². The van der Waals surface area contributed by atoms with Crippen LogP contribution in [-0.4, -0.2) is 22.8 Å². The lowest BCUT2D eigenvalue weighted by Crippen LogP contribution is -2.14. The van der Waals surface area contributed by atoms with Gasteiger partial charge in [-0.2, -0.15) is 0 Å². The number of unbranched alkanes of at least 4 members (excludes halogenated alkanes) is 2. The molecule has 3 heteroatoms. The maximum absolute atomic E-state index is 8.84. The van der Waals surface area contributed by atoms with Crippen molar-refractivity contribution in [1.82, 2.24) is 9.88 Å². The van der Waals surface area contributed by atoms with E-state index in [4.69, 9.17) is 5.11 Å². The van der Waals surface area contributed by atoms with E-state index in [-0.39, 0.29) is 0 Å². The molecule has 0 saturated heterocycles. The molecule has 0 aliphatic carbocycles. The first-order valence-corrected chi connectivity index (χ1v) is 9.22. The molecule has 0 unspecified atom stereocenters. The molecule has 0 spiro atoms. The number of aromatic nitrogens is 1. The summed E-state index contributed by atoms with van der Waals surface area (Å²) in [6.07, 6.45) is 5.38. The molecule has 0 fully saturated rings. The number of nitrogens with one attached hydrogen (secondary N) is 1. The number of hydrogen-bond donors (Lipinski definition) is 2. The Morgan fingerprint density at radius 2 is 1.88 bits per heavy atom. The zero-order chi connectivity index (χ0) is 17.5. The SMILES string of the molecule is Cc1cccc(Cn2cc(CNCCCCCO)c3ccccc32)c1. The van der Waals surface area contributed by atoms with Crippen LogP contribution in [0.4, 0.5) is 0 Å². The largest absolute Gasteiger partial charge is 0.396 e. The lowest BCUT2D eigenvalue weighted by molar-refractivity contribution is 0.283. The first kappa shape index (κ1) is 17.7. The van der Waals surface area contributed by atoms with Gasteiger partial charge in [0.2, 0.25) is 0 Å². The topological polar surface area (TPSA) is 37.2 Å². The molecule has 3 nitrogen and oxygen atoms in total. The van der Waals surface area contributed by atoms with Crippen LogP contribution in [0.5, 0.6) is 0 Å². The third-order valence-corrected chi connectivity index (χ3v) is 4.63. The molecule has 1 heterocycles. The number of rotatable bonds is 9. The standard InChI is InChI=1S/C22H28N2O/c1-18-8-7-9-19(14-18)16-24-17-20(15-23-12-5-2-6-13-25)21-10-3-4-11-22(21)24/h3-4,7-11,14,17,23,25H,2,5-6,12-13,15-16H2,1H3. The van der Waals surface area contributed by atoms with Gasteiger partial charge in [0.15, 0.2) is 0 Å². The van der Waals surface area contributed by atoms with Gasteiger partial charge in [-0.05, 0) is 49.9 Å². The maximum Gasteiger partial charge on any atom is 0.0486 e. The number of aliphatic hydroxyl groups excluding tert-OH is 1. The van der Waals surface area contributed by atoms with Crippen molar-refractivity contribution in [3.63, 3.8) is 0 Å². The van der Waals surface area contributed by atoms with Crippen molar-refractivity contribution in [1.29, 1.82) is 0 Å². The summed E-state index contributed by atoms with van der Waals surface area (Å²) >= 11 is 0. The van der Waals surface area contributed by atoms with E-state index >= 15 is 0 Å². The molecular formula is C22H28N2O. The van der Waals surface area contributed by atoms with E-state index in [1.165, 1.54) is 27.6 Å². The smallest absolute Gasteiger partial charge is 0.0486 e. The highest BCUT2D eigenvalue weighted by molar-refractivity contribution is 5.84. The Kier molecular flexibility index (Phi) is 6.26. The Morgan fingerprint density at radius 1 is 1.00 bits per heavy atom. The zero-order valence-corrected chi connectivity index (χ0v) is 15.0. The summed E-state index contributed by atoms with van der Waals surface area (Å²) in [6, 6.07) is 17.4. The lowest BCUT2D eigenvalue weighted by atomic mass is 10.1. The molecule has 0 bridgehead atoms. The summed E-state index contributed by atoms with van der Waals surface area (Å²) in [5, 5.41) is 13.7. The number of fused-ring (bicyclic) bond motifs is 1. The molecule has 25 heavy (non-hydrogen) atoms. The summed E-state index contributed by atoms with van der Waals surface area (Å²) in [4.78, 5) is 0. The third kappa shape index (κ3) is 4.71. The zero-order valence-electron chi connectivity index (χ0n) is 15.0. The number of aliphatic hydroxyl groups is 1. The second-order valence-corrected chi connectivity index (χ2v) is 6.75. The van der Waals surface area contributed by atoms with Crippen LogP contribution in [0.1, 0.15) is 36.0 Å². The van der Waals surface area contributed by atoms with Gasteiger partial charge < -0.3 is 15.0 Å². The quantitative estimate of drug-likeness (QED) is 0.573. The molecule has 0 radical (unpaired) electrons. The van der Waals surface area contributed by atoms with E-state index in [2.05, 4.69) is 71.5 Å². The Morgan fingerprint density at radius 3 is 2.72 bits per heavy atom. The minimum Gasteiger partial charge on any atom is -0.396 e. The van der Waals surface area contributed by atoms with Gasteiger partial charge in [-0.1, -0.05) is 48.0 Å². The Balaban J connectivity index is 1.71. The van der Waals surface area contributed by atoms with Crippen LogP contribution >= 0.6 is 0 Å². The number of para-hydroxylation sites is 1. The van der Waals surface area contributed by atoms with E-state index in [1.807, 2.05) is 0 Å². The monoisotopic (exact) mass is 336 g/mol. The van der Waals surface area contributed by atoms with Gasteiger partial charge in [-0.15, -0.1) is 0 Å². The van der Waals surface area contributed by atoms with E-state index < -0.39 is 0 Å². The predicted molar refractivity (Wildman–Crippen MR) is 105 cm³/mol. The van der Waals surface area contributed by atoms with Gasteiger partial charge in [0.1, 0.15) is 0 Å². The highest BCUT2D eigenvalue weighted by Crippen LogP contribution is 2.22. The van der Waals surface area contributed by atoms with Crippen molar-refractivity contribution in [2.24, 2.45) is 0 Å². The summed E-state index contributed by atoms with van der Waals surface area (Å²) in [7, 11) is 0. The van der Waals surface area contributed by atoms with Gasteiger partial charge in [0.05, 0.1) is 0 Å². The van der Waals surface area contributed by atoms with E-state index in [0.29, 0.717) is 6.61 Å². The van der Waals surface area contributed by atoms with Crippen LogP contribution < -0.4 is 5.32 Å². The molecule has 1 aromatic heterocycles. The van der Waals surface area contributed by atoms with Crippen LogP contribution in [0.2, 0.25) is 0 Å². The van der Waals surface area contributed by atoms with Gasteiger partial charge in [-0.3, -0.25) is 0 Å². The molecule has 0 aliphatic heterocycles. The van der Waals surface area contributed by atoms with Crippen molar-refractivity contribution in [2.45, 2.75) is 39.3 Å². The fourth-order valence-electron chi connectivity index (χ4n) is 3.36. The van der Waals surface area contributed by atoms with E-state index in [0.717, 1.165) is 38.9 Å². The molecule has 3 aromatic rings. The summed E-state index contributed by atoms with van der Waals surface area (Å²) in [6.45, 7) is 5.23. The van der Waals surface area contributed by atoms with Crippen LogP contribution in [0.15, 0.2) is 54.7 Å². The Bertz CT molecular complexity index is 807. The molecule has 2 N–H and O–H groups in total. The van der Waals surface area contributed by atoms with Crippen molar-refractivity contribution in [3.05, 3.63) is 71.4 Å². The lowest BCUT2D eigenvalue weighted by Gasteiger charge is -2.06. The molecule has 0 saturated carbocycles. The molecule has 0 atom stereocenters. The summed E-state index contributed by atoms with van der Waals surface area (Å²) in [5.41, 5.74) is 5.29. The first-order chi connectivity index (χ1) is 12.3. The molecule has 2 aromatic carbocycles. The molecule has 0 aliphatic rings. The van der Waals surface area contributed by atoms with Crippen LogP contribution in [0.3, 0.4) is 0 Å². The van der Waals surface area contributed by atoms with Crippen LogP contribution in [0.25, 0.3) is 10.9 Å². The van der Waals surface area contributed by atoms with E-state index in [9.17, 15) is 0 Å². The van der Waals surface area contributed by atoms with Crippen LogP contribution in [-0.2, 0) is 13.1 Å². The summed E-state index contributed by atoms with van der Waals surface area (Å²) < 4.78 is 2.35. The molecule has 132 valence electrons. The molecule has 0 amide bonds. The number of hydrogen-bond acceptors (Lipinski definition) is 2. The average molecular weight is 336 g/mol. The minimum atomic E-state index is 0.298. The van der Waals surface area contributed by atoms with Crippen molar-refractivity contribution in [2.75, 3.05) is 13.2 Å². The number of aryl methyl sites for hydroxylation is 1. The normalized spacial score (nSPS) is 11.3. The minimum absolute atomic E-state index is 0.298. The van der Waals surface area contributed by atoms with Gasteiger partial charge >= 0.3 is 0 Å². The average Bonchev–Trinajstić information content (AvgIpc) is 2.96. The third-order valence-electron chi connectivity index (χ3n) is 4.63. The van der Waals surface area contributed by atoms with Crippen molar-refractivity contribution < 1.29 is 5.11 Å². The van der Waals surface area contributed by atoms with Gasteiger partial charge in [0, 0.05) is 36.8 Å².